The van der Waals surface area contributed by atoms with Crippen LogP contribution in [0, 0.1) is 11.3 Å². The summed E-state index contributed by atoms with van der Waals surface area (Å²) in [6, 6.07) is 2.06. The zero-order valence-electron chi connectivity index (χ0n) is 8.73. The van der Waals surface area contributed by atoms with Gasteiger partial charge in [-0.15, -0.1) is 10.2 Å². The van der Waals surface area contributed by atoms with Crippen LogP contribution in [0.2, 0.25) is 0 Å². The van der Waals surface area contributed by atoms with Gasteiger partial charge in [-0.2, -0.15) is 5.26 Å². The first-order valence-corrected chi connectivity index (χ1v) is 6.24. The van der Waals surface area contributed by atoms with Crippen molar-refractivity contribution in [2.24, 2.45) is 0 Å². The average molecular weight is 243 g/mol. The van der Waals surface area contributed by atoms with E-state index in [2.05, 4.69) is 26.5 Å². The molecule has 0 aromatic carbocycles. The van der Waals surface area contributed by atoms with E-state index >= 15 is 0 Å². The van der Waals surface area contributed by atoms with E-state index in [-0.39, 0.29) is 0 Å². The molecule has 0 unspecified atom stereocenters. The predicted octanol–water partition coefficient (Wildman–Crippen LogP) is 1.13. The SMILES string of the molecule is CN(C)CCNc1nnc(SCC#N)s1. The molecule has 0 fully saturated rings. The van der Waals surface area contributed by atoms with Crippen LogP contribution in [0.15, 0.2) is 4.34 Å². The molecule has 0 aliphatic rings. The lowest BCUT2D eigenvalue weighted by Gasteiger charge is -2.08. The van der Waals surface area contributed by atoms with Gasteiger partial charge in [0.1, 0.15) is 0 Å². The first-order chi connectivity index (χ1) is 7.22. The standard InChI is InChI=1S/C8H13N5S2/c1-13(2)5-4-10-7-11-12-8(15-7)14-6-3-9/h4-6H2,1-2H3,(H,10,11). The number of hydrogen-bond acceptors (Lipinski definition) is 7. The Morgan fingerprint density at radius 2 is 2.33 bits per heavy atom. The van der Waals surface area contributed by atoms with Crippen molar-refractivity contribution in [3.05, 3.63) is 0 Å². The van der Waals surface area contributed by atoms with Gasteiger partial charge in [0.15, 0.2) is 4.34 Å². The highest BCUT2D eigenvalue weighted by atomic mass is 32.2. The number of aromatic nitrogens is 2. The lowest BCUT2D eigenvalue weighted by Crippen LogP contribution is -2.20. The number of rotatable bonds is 6. The summed E-state index contributed by atoms with van der Waals surface area (Å²) in [5.74, 6) is 0.423. The molecule has 0 spiro atoms. The Balaban J connectivity index is 2.30. The zero-order valence-corrected chi connectivity index (χ0v) is 10.4. The fourth-order valence-electron chi connectivity index (χ4n) is 0.820. The molecule has 1 heterocycles. The van der Waals surface area contributed by atoms with E-state index in [9.17, 15) is 0 Å². The summed E-state index contributed by atoms with van der Waals surface area (Å²) in [4.78, 5) is 2.10. The van der Waals surface area contributed by atoms with Gasteiger partial charge in [-0.3, -0.25) is 0 Å². The Labute approximate surface area is 97.5 Å². The maximum atomic E-state index is 8.40. The molecule has 0 aliphatic carbocycles. The van der Waals surface area contributed by atoms with E-state index in [0.29, 0.717) is 5.75 Å². The summed E-state index contributed by atoms with van der Waals surface area (Å²) >= 11 is 2.90. The van der Waals surface area contributed by atoms with Crippen molar-refractivity contribution in [1.82, 2.24) is 15.1 Å². The lowest BCUT2D eigenvalue weighted by molar-refractivity contribution is 0.425. The monoisotopic (exact) mass is 243 g/mol. The van der Waals surface area contributed by atoms with Crippen molar-refractivity contribution in [3.8, 4) is 6.07 Å². The summed E-state index contributed by atoms with van der Waals surface area (Å²) in [7, 11) is 4.05. The van der Waals surface area contributed by atoms with Crippen LogP contribution in [0.3, 0.4) is 0 Å². The predicted molar refractivity (Wildman–Crippen MR) is 63.3 cm³/mol. The van der Waals surface area contributed by atoms with E-state index < -0.39 is 0 Å². The minimum atomic E-state index is 0.423. The van der Waals surface area contributed by atoms with Gasteiger partial charge in [-0.25, -0.2) is 0 Å². The average Bonchev–Trinajstić information content (AvgIpc) is 2.62. The molecule has 1 aromatic heterocycles. The topological polar surface area (TPSA) is 64.8 Å². The van der Waals surface area contributed by atoms with Crippen LogP contribution in [0.1, 0.15) is 0 Å². The van der Waals surface area contributed by atoms with E-state index in [1.54, 1.807) is 0 Å². The smallest absolute Gasteiger partial charge is 0.206 e. The number of hydrogen-bond donors (Lipinski definition) is 1. The van der Waals surface area contributed by atoms with Crippen LogP contribution in [0.25, 0.3) is 0 Å². The van der Waals surface area contributed by atoms with Crippen molar-refractivity contribution in [2.75, 3.05) is 38.3 Å². The molecule has 0 bridgehead atoms. The van der Waals surface area contributed by atoms with Gasteiger partial charge in [-0.1, -0.05) is 23.1 Å². The van der Waals surface area contributed by atoms with Crippen LogP contribution >= 0.6 is 23.1 Å². The molecular weight excluding hydrogens is 230 g/mol. The number of thioether (sulfide) groups is 1. The molecule has 0 atom stereocenters. The van der Waals surface area contributed by atoms with Crippen LogP contribution in [-0.4, -0.2) is 48.0 Å². The molecule has 1 rings (SSSR count). The summed E-state index contributed by atoms with van der Waals surface area (Å²) in [5, 5.41) is 20.3. The van der Waals surface area contributed by atoms with Crippen molar-refractivity contribution < 1.29 is 0 Å². The quantitative estimate of drug-likeness (QED) is 0.756. The highest BCUT2D eigenvalue weighted by Gasteiger charge is 2.03. The van der Waals surface area contributed by atoms with Gasteiger partial charge in [-0.05, 0) is 14.1 Å². The summed E-state index contributed by atoms with van der Waals surface area (Å²) < 4.78 is 0.837. The molecule has 1 aromatic rings. The minimum Gasteiger partial charge on any atom is -0.359 e. The van der Waals surface area contributed by atoms with Crippen LogP contribution in [0.5, 0.6) is 0 Å². The number of nitriles is 1. The fourth-order valence-corrected chi connectivity index (χ4v) is 2.26. The third kappa shape index (κ3) is 4.97. The third-order valence-electron chi connectivity index (χ3n) is 1.50. The first kappa shape index (κ1) is 12.2. The van der Waals surface area contributed by atoms with Crippen molar-refractivity contribution in [1.29, 1.82) is 5.26 Å². The summed E-state index contributed by atoms with van der Waals surface area (Å²) in [6.07, 6.45) is 0. The molecule has 15 heavy (non-hydrogen) atoms. The molecule has 5 nitrogen and oxygen atoms in total. The molecule has 82 valence electrons. The van der Waals surface area contributed by atoms with Gasteiger partial charge in [0, 0.05) is 13.1 Å². The number of likely N-dealkylation sites (N-methyl/N-ethyl adjacent to an activating group) is 1. The van der Waals surface area contributed by atoms with E-state index in [1.807, 2.05) is 14.1 Å². The van der Waals surface area contributed by atoms with Gasteiger partial charge in [0.05, 0.1) is 11.8 Å². The molecule has 7 heteroatoms. The largest absolute Gasteiger partial charge is 0.359 e. The summed E-state index contributed by atoms with van der Waals surface area (Å²) in [5.41, 5.74) is 0. The van der Waals surface area contributed by atoms with Crippen LogP contribution < -0.4 is 5.32 Å². The van der Waals surface area contributed by atoms with Crippen molar-refractivity contribution >= 4 is 28.2 Å². The highest BCUT2D eigenvalue weighted by molar-refractivity contribution is 8.01. The van der Waals surface area contributed by atoms with E-state index in [4.69, 9.17) is 5.26 Å². The second-order valence-corrected chi connectivity index (χ2v) is 5.25. The van der Waals surface area contributed by atoms with Crippen molar-refractivity contribution in [2.45, 2.75) is 4.34 Å². The number of nitrogens with one attached hydrogen (secondary N) is 1. The Kier molecular flexibility index (Phi) is 5.39. The van der Waals surface area contributed by atoms with E-state index in [0.717, 1.165) is 22.6 Å². The Morgan fingerprint density at radius 3 is 3.00 bits per heavy atom. The van der Waals surface area contributed by atoms with Crippen molar-refractivity contribution in [3.63, 3.8) is 0 Å². The fraction of sp³-hybridized carbons (Fsp3) is 0.625. The van der Waals surface area contributed by atoms with Gasteiger partial charge >= 0.3 is 0 Å². The minimum absolute atomic E-state index is 0.423. The molecule has 1 N–H and O–H groups in total. The van der Waals surface area contributed by atoms with Gasteiger partial charge in [0.25, 0.3) is 0 Å². The normalized spacial score (nSPS) is 10.3. The zero-order chi connectivity index (χ0) is 11.1. The number of nitrogens with zero attached hydrogens (tertiary/aromatic N) is 4. The summed E-state index contributed by atoms with van der Waals surface area (Å²) in [6.45, 7) is 1.81. The second-order valence-electron chi connectivity index (χ2n) is 3.05. The molecule has 0 amide bonds. The van der Waals surface area contributed by atoms with Gasteiger partial charge in [0.2, 0.25) is 5.13 Å². The molecular formula is C8H13N5S2. The van der Waals surface area contributed by atoms with Crippen LogP contribution in [-0.2, 0) is 0 Å². The lowest BCUT2D eigenvalue weighted by atomic mass is 10.6. The van der Waals surface area contributed by atoms with Crippen LogP contribution in [0.4, 0.5) is 5.13 Å². The Hall–Kier alpha value is -0.840. The highest BCUT2D eigenvalue weighted by Crippen LogP contribution is 2.24. The molecule has 0 saturated carbocycles. The second kappa shape index (κ2) is 6.61. The first-order valence-electron chi connectivity index (χ1n) is 4.44. The van der Waals surface area contributed by atoms with E-state index in [1.165, 1.54) is 23.1 Å². The van der Waals surface area contributed by atoms with Gasteiger partial charge < -0.3 is 10.2 Å². The number of anilines is 1. The third-order valence-corrected chi connectivity index (χ3v) is 3.38. The Bertz CT molecular complexity index is 330. The molecule has 0 radical (unpaired) electrons. The molecule has 0 aliphatic heterocycles. The maximum Gasteiger partial charge on any atom is 0.206 e. The Morgan fingerprint density at radius 1 is 1.53 bits per heavy atom. The maximum absolute atomic E-state index is 8.40. The molecule has 0 saturated heterocycles.